The predicted octanol–water partition coefficient (Wildman–Crippen LogP) is 6.39. The van der Waals surface area contributed by atoms with Crippen LogP contribution in [0.5, 0.6) is 5.75 Å². The molecule has 3 rings (SSSR count). The highest BCUT2D eigenvalue weighted by molar-refractivity contribution is 5.90. The van der Waals surface area contributed by atoms with E-state index < -0.39 is 0 Å². The summed E-state index contributed by atoms with van der Waals surface area (Å²) in [5, 5.41) is 0. The van der Waals surface area contributed by atoms with Crippen molar-refractivity contribution in [2.75, 3.05) is 13.7 Å². The van der Waals surface area contributed by atoms with Crippen molar-refractivity contribution < 1.29 is 14.3 Å². The molecule has 0 aromatic heterocycles. The molecule has 2 aromatic rings. The molecule has 3 nitrogen and oxygen atoms in total. The predicted molar refractivity (Wildman–Crippen MR) is 120 cm³/mol. The Bertz CT molecular complexity index is 947. The van der Waals surface area contributed by atoms with Gasteiger partial charge in [0.25, 0.3) is 0 Å². The van der Waals surface area contributed by atoms with Crippen molar-refractivity contribution in [1.29, 1.82) is 0 Å². The standard InChI is InChI=1S/C26H32O3/c1-8-29-24(27)19-11-9-18(10-12-19)13-17(2)20-14-21-23(22(15-20)28-7)26(5,6)16-25(21,3)4/h9-15H,8,16H2,1-7H3/b17-13+. The van der Waals surface area contributed by atoms with Gasteiger partial charge in [0.1, 0.15) is 5.75 Å². The van der Waals surface area contributed by atoms with Crippen molar-refractivity contribution in [1.82, 2.24) is 0 Å². The number of allylic oxidation sites excluding steroid dienone is 1. The van der Waals surface area contributed by atoms with Crippen LogP contribution in [0.4, 0.5) is 0 Å². The number of ether oxygens (including phenoxy) is 2. The number of esters is 1. The molecule has 3 heteroatoms. The quantitative estimate of drug-likeness (QED) is 0.437. The smallest absolute Gasteiger partial charge is 0.338 e. The molecule has 0 radical (unpaired) electrons. The normalized spacial score (nSPS) is 17.0. The lowest BCUT2D eigenvalue weighted by molar-refractivity contribution is 0.0526. The third kappa shape index (κ3) is 4.10. The Hall–Kier alpha value is -2.55. The lowest BCUT2D eigenvalue weighted by Crippen LogP contribution is -2.18. The molecule has 2 aromatic carbocycles. The first-order chi connectivity index (χ1) is 13.6. The maximum Gasteiger partial charge on any atom is 0.338 e. The summed E-state index contributed by atoms with van der Waals surface area (Å²) in [5.74, 6) is 0.687. The van der Waals surface area contributed by atoms with Crippen molar-refractivity contribution in [2.45, 2.75) is 58.8 Å². The van der Waals surface area contributed by atoms with E-state index in [-0.39, 0.29) is 16.8 Å². The molecule has 0 unspecified atom stereocenters. The van der Waals surface area contributed by atoms with E-state index >= 15 is 0 Å². The number of carbonyl (C=O) groups is 1. The van der Waals surface area contributed by atoms with Gasteiger partial charge in [0.05, 0.1) is 19.3 Å². The Labute approximate surface area is 174 Å². The Morgan fingerprint density at radius 3 is 2.28 bits per heavy atom. The molecule has 1 aliphatic carbocycles. The van der Waals surface area contributed by atoms with Crippen LogP contribution in [-0.4, -0.2) is 19.7 Å². The number of hydrogen-bond acceptors (Lipinski definition) is 3. The average Bonchev–Trinajstić information content (AvgIpc) is 2.86. The largest absolute Gasteiger partial charge is 0.496 e. The van der Waals surface area contributed by atoms with E-state index in [2.05, 4.69) is 52.8 Å². The fourth-order valence-electron chi connectivity index (χ4n) is 4.79. The summed E-state index contributed by atoms with van der Waals surface area (Å²) in [4.78, 5) is 11.8. The summed E-state index contributed by atoms with van der Waals surface area (Å²) < 4.78 is 10.9. The second-order valence-corrected chi connectivity index (χ2v) is 9.22. The fraction of sp³-hybridized carbons (Fsp3) is 0.423. The van der Waals surface area contributed by atoms with Crippen molar-refractivity contribution in [3.8, 4) is 5.75 Å². The fourth-order valence-corrected chi connectivity index (χ4v) is 4.79. The van der Waals surface area contributed by atoms with Crippen molar-refractivity contribution in [2.24, 2.45) is 0 Å². The Kier molecular flexibility index (Phi) is 5.62. The molecule has 29 heavy (non-hydrogen) atoms. The van der Waals surface area contributed by atoms with Crippen LogP contribution in [0.2, 0.25) is 0 Å². The van der Waals surface area contributed by atoms with E-state index in [1.54, 1.807) is 7.11 Å². The van der Waals surface area contributed by atoms with E-state index in [1.165, 1.54) is 16.7 Å². The molecular formula is C26H32O3. The van der Waals surface area contributed by atoms with Crippen LogP contribution in [0.15, 0.2) is 36.4 Å². The molecule has 0 saturated heterocycles. The number of methoxy groups -OCH3 is 1. The Morgan fingerprint density at radius 2 is 1.69 bits per heavy atom. The van der Waals surface area contributed by atoms with Crippen molar-refractivity contribution in [3.63, 3.8) is 0 Å². The number of benzene rings is 2. The third-order valence-corrected chi connectivity index (χ3v) is 5.87. The third-order valence-electron chi connectivity index (χ3n) is 5.87. The number of rotatable bonds is 5. The summed E-state index contributed by atoms with van der Waals surface area (Å²) >= 11 is 0. The first-order valence-corrected chi connectivity index (χ1v) is 10.3. The number of hydrogen-bond donors (Lipinski definition) is 0. The second kappa shape index (κ2) is 7.70. The van der Waals surface area contributed by atoms with Gasteiger partial charge < -0.3 is 9.47 Å². The van der Waals surface area contributed by atoms with Gasteiger partial charge in [0.2, 0.25) is 0 Å². The summed E-state index contributed by atoms with van der Waals surface area (Å²) in [7, 11) is 1.76. The maximum absolute atomic E-state index is 11.8. The molecule has 0 amide bonds. The second-order valence-electron chi connectivity index (χ2n) is 9.22. The summed E-state index contributed by atoms with van der Waals surface area (Å²) in [5.41, 5.74) is 6.88. The van der Waals surface area contributed by atoms with Crippen LogP contribution >= 0.6 is 0 Å². The highest BCUT2D eigenvalue weighted by Crippen LogP contribution is 2.53. The van der Waals surface area contributed by atoms with Crippen LogP contribution in [0, 0.1) is 0 Å². The van der Waals surface area contributed by atoms with Crippen LogP contribution in [0.3, 0.4) is 0 Å². The van der Waals surface area contributed by atoms with Gasteiger partial charge in [0.15, 0.2) is 0 Å². The van der Waals surface area contributed by atoms with Gasteiger partial charge >= 0.3 is 5.97 Å². The minimum absolute atomic E-state index is 0.100. The van der Waals surface area contributed by atoms with Crippen molar-refractivity contribution >= 4 is 17.6 Å². The van der Waals surface area contributed by atoms with E-state index in [0.29, 0.717) is 12.2 Å². The summed E-state index contributed by atoms with van der Waals surface area (Å²) in [6, 6.07) is 12.0. The minimum Gasteiger partial charge on any atom is -0.496 e. The zero-order chi connectivity index (χ0) is 21.4. The van der Waals surface area contributed by atoms with Crippen LogP contribution in [-0.2, 0) is 15.6 Å². The molecule has 1 aliphatic rings. The molecule has 0 aliphatic heterocycles. The molecule has 0 heterocycles. The van der Waals surface area contributed by atoms with E-state index in [1.807, 2.05) is 31.2 Å². The first kappa shape index (κ1) is 21.2. The molecule has 154 valence electrons. The number of carbonyl (C=O) groups excluding carboxylic acids is 1. The van der Waals surface area contributed by atoms with Gasteiger partial charge in [0, 0.05) is 5.56 Å². The zero-order valence-electron chi connectivity index (χ0n) is 18.7. The SMILES string of the molecule is CCOC(=O)c1ccc(/C=C(\C)c2cc(OC)c3c(c2)C(C)(C)CC3(C)C)cc1. The van der Waals surface area contributed by atoms with E-state index in [4.69, 9.17) is 9.47 Å². The van der Waals surface area contributed by atoms with E-state index in [0.717, 1.165) is 23.3 Å². The van der Waals surface area contributed by atoms with Crippen LogP contribution in [0.25, 0.3) is 11.6 Å². The van der Waals surface area contributed by atoms with Gasteiger partial charge in [-0.3, -0.25) is 0 Å². The highest BCUT2D eigenvalue weighted by Gasteiger charge is 2.44. The van der Waals surface area contributed by atoms with Crippen molar-refractivity contribution in [3.05, 3.63) is 64.2 Å². The highest BCUT2D eigenvalue weighted by atomic mass is 16.5. The van der Waals surface area contributed by atoms with Gasteiger partial charge in [-0.15, -0.1) is 0 Å². The Balaban J connectivity index is 1.98. The maximum atomic E-state index is 11.8. The molecule has 0 fully saturated rings. The Morgan fingerprint density at radius 1 is 1.03 bits per heavy atom. The topological polar surface area (TPSA) is 35.5 Å². The summed E-state index contributed by atoms with van der Waals surface area (Å²) in [6.07, 6.45) is 3.25. The summed E-state index contributed by atoms with van der Waals surface area (Å²) in [6.45, 7) is 13.5. The monoisotopic (exact) mass is 392 g/mol. The molecule has 0 bridgehead atoms. The molecule has 0 atom stereocenters. The molecule has 0 N–H and O–H groups in total. The van der Waals surface area contributed by atoms with E-state index in [9.17, 15) is 4.79 Å². The number of fused-ring (bicyclic) bond motifs is 1. The zero-order valence-corrected chi connectivity index (χ0v) is 18.7. The lowest BCUT2D eigenvalue weighted by atomic mass is 9.82. The molecular weight excluding hydrogens is 360 g/mol. The van der Waals surface area contributed by atoms with Gasteiger partial charge in [-0.1, -0.05) is 52.0 Å². The lowest BCUT2D eigenvalue weighted by Gasteiger charge is -2.23. The molecule has 0 spiro atoms. The van der Waals surface area contributed by atoms with Crippen LogP contribution < -0.4 is 4.74 Å². The van der Waals surface area contributed by atoms with Gasteiger partial charge in [-0.25, -0.2) is 4.79 Å². The average molecular weight is 393 g/mol. The van der Waals surface area contributed by atoms with Gasteiger partial charge in [-0.2, -0.15) is 0 Å². The molecule has 0 saturated carbocycles. The van der Waals surface area contributed by atoms with Crippen LogP contribution in [0.1, 0.15) is 80.6 Å². The van der Waals surface area contributed by atoms with Gasteiger partial charge in [-0.05, 0) is 71.6 Å². The minimum atomic E-state index is -0.284. The first-order valence-electron chi connectivity index (χ1n) is 10.3.